The highest BCUT2D eigenvalue weighted by atomic mass is 35.5. The third kappa shape index (κ3) is 2.98. The molecule has 0 atom stereocenters. The molecule has 1 fully saturated rings. The molecular formula is C11H17ClN4O. The number of aromatic nitrogens is 2. The predicted octanol–water partition coefficient (Wildman–Crippen LogP) is 0.768. The Morgan fingerprint density at radius 2 is 2.35 bits per heavy atom. The van der Waals surface area contributed by atoms with Crippen molar-refractivity contribution in [3.05, 3.63) is 17.2 Å². The van der Waals surface area contributed by atoms with Crippen LogP contribution in [0.5, 0.6) is 0 Å². The molecule has 2 heterocycles. The number of rotatable bonds is 4. The van der Waals surface area contributed by atoms with Crippen LogP contribution in [-0.2, 0) is 11.2 Å². The van der Waals surface area contributed by atoms with Crippen LogP contribution in [0.25, 0.3) is 0 Å². The lowest BCUT2D eigenvalue weighted by atomic mass is 10.1. The van der Waals surface area contributed by atoms with Crippen LogP contribution < -0.4 is 0 Å². The fourth-order valence-electron chi connectivity index (χ4n) is 1.83. The minimum atomic E-state index is 0.190. The third-order valence-corrected chi connectivity index (χ3v) is 3.31. The number of carbonyl (C=O) groups excluding carboxylic acids is 1. The number of aryl methyl sites for hydroxylation is 1. The molecule has 0 aromatic carbocycles. The van der Waals surface area contributed by atoms with E-state index in [9.17, 15) is 4.79 Å². The molecule has 1 aliphatic heterocycles. The fraction of sp³-hybridized carbons (Fsp3) is 0.636. The first-order chi connectivity index (χ1) is 8.06. The lowest BCUT2D eigenvalue weighted by molar-refractivity contribution is -0.137. The van der Waals surface area contributed by atoms with Gasteiger partial charge in [0.2, 0.25) is 5.91 Å². The fourth-order valence-corrected chi connectivity index (χ4v) is 1.99. The average Bonchev–Trinajstić information content (AvgIpc) is 2.58. The molecule has 2 rings (SSSR count). The van der Waals surface area contributed by atoms with E-state index in [-0.39, 0.29) is 5.91 Å². The third-order valence-electron chi connectivity index (χ3n) is 3.12. The summed E-state index contributed by atoms with van der Waals surface area (Å²) in [7, 11) is 4.08. The Hall–Kier alpha value is -1.07. The van der Waals surface area contributed by atoms with E-state index in [2.05, 4.69) is 14.9 Å². The molecule has 94 valence electrons. The summed E-state index contributed by atoms with van der Waals surface area (Å²) in [5.41, 5.74) is 0. The second-order valence-electron chi connectivity index (χ2n) is 4.59. The molecule has 5 nitrogen and oxygen atoms in total. The molecule has 1 aliphatic rings. The Bertz CT molecular complexity index is 398. The van der Waals surface area contributed by atoms with Crippen LogP contribution in [0.3, 0.4) is 0 Å². The second-order valence-corrected chi connectivity index (χ2v) is 5.00. The van der Waals surface area contributed by atoms with Gasteiger partial charge in [0.15, 0.2) is 0 Å². The van der Waals surface area contributed by atoms with Crippen molar-refractivity contribution in [2.24, 2.45) is 0 Å². The van der Waals surface area contributed by atoms with Crippen LogP contribution in [0.2, 0.25) is 5.15 Å². The maximum absolute atomic E-state index is 11.8. The Morgan fingerprint density at radius 3 is 2.88 bits per heavy atom. The van der Waals surface area contributed by atoms with Crippen LogP contribution in [-0.4, -0.2) is 58.9 Å². The van der Waals surface area contributed by atoms with Crippen LogP contribution in [0.1, 0.15) is 12.2 Å². The van der Waals surface area contributed by atoms with Crippen molar-refractivity contribution in [3.8, 4) is 0 Å². The van der Waals surface area contributed by atoms with Gasteiger partial charge in [0, 0.05) is 32.0 Å². The number of amides is 1. The van der Waals surface area contributed by atoms with Gasteiger partial charge in [0.25, 0.3) is 0 Å². The summed E-state index contributed by atoms with van der Waals surface area (Å²) < 4.78 is 0. The minimum Gasteiger partial charge on any atom is -0.339 e. The second kappa shape index (κ2) is 5.06. The number of hydrogen-bond acceptors (Lipinski definition) is 3. The van der Waals surface area contributed by atoms with E-state index in [0.717, 1.165) is 18.9 Å². The first-order valence-electron chi connectivity index (χ1n) is 5.70. The van der Waals surface area contributed by atoms with E-state index >= 15 is 0 Å². The zero-order valence-corrected chi connectivity index (χ0v) is 10.9. The summed E-state index contributed by atoms with van der Waals surface area (Å²) in [5.74, 6) is 0.962. The number of nitrogens with one attached hydrogen (secondary N) is 1. The van der Waals surface area contributed by atoms with E-state index < -0.39 is 0 Å². The highest BCUT2D eigenvalue weighted by Crippen LogP contribution is 2.14. The summed E-state index contributed by atoms with van der Waals surface area (Å²) in [5, 5.41) is 0.518. The summed E-state index contributed by atoms with van der Waals surface area (Å²) in [6, 6.07) is 0.511. The summed E-state index contributed by atoms with van der Waals surface area (Å²) in [4.78, 5) is 22.8. The van der Waals surface area contributed by atoms with Crippen LogP contribution >= 0.6 is 11.6 Å². The van der Waals surface area contributed by atoms with Crippen LogP contribution in [0.15, 0.2) is 6.20 Å². The zero-order valence-electron chi connectivity index (χ0n) is 10.1. The molecule has 0 spiro atoms. The number of carbonyl (C=O) groups is 1. The molecule has 1 saturated heterocycles. The Kier molecular flexibility index (Phi) is 3.69. The van der Waals surface area contributed by atoms with Crippen molar-refractivity contribution in [1.82, 2.24) is 19.8 Å². The topological polar surface area (TPSA) is 52.2 Å². The Labute approximate surface area is 106 Å². The van der Waals surface area contributed by atoms with E-state index in [4.69, 9.17) is 11.6 Å². The normalized spacial score (nSPS) is 16.4. The van der Waals surface area contributed by atoms with Gasteiger partial charge in [-0.05, 0) is 14.1 Å². The molecule has 1 aromatic rings. The summed E-state index contributed by atoms with van der Waals surface area (Å²) >= 11 is 5.71. The van der Waals surface area contributed by atoms with E-state index in [0.29, 0.717) is 24.0 Å². The Morgan fingerprint density at radius 1 is 1.65 bits per heavy atom. The molecule has 1 aromatic heterocycles. The van der Waals surface area contributed by atoms with Crippen molar-refractivity contribution < 1.29 is 4.79 Å². The van der Waals surface area contributed by atoms with Crippen molar-refractivity contribution in [2.45, 2.75) is 18.9 Å². The van der Waals surface area contributed by atoms with Gasteiger partial charge in [-0.15, -0.1) is 0 Å². The van der Waals surface area contributed by atoms with E-state index in [1.54, 1.807) is 6.20 Å². The van der Waals surface area contributed by atoms with Crippen LogP contribution in [0, 0.1) is 0 Å². The number of halogens is 1. The smallest absolute Gasteiger partial charge is 0.223 e. The van der Waals surface area contributed by atoms with Crippen molar-refractivity contribution in [3.63, 3.8) is 0 Å². The minimum absolute atomic E-state index is 0.190. The largest absolute Gasteiger partial charge is 0.339 e. The predicted molar refractivity (Wildman–Crippen MR) is 66.0 cm³/mol. The molecule has 0 saturated carbocycles. The van der Waals surface area contributed by atoms with Gasteiger partial charge in [-0.1, -0.05) is 11.6 Å². The lowest BCUT2D eigenvalue weighted by Gasteiger charge is -2.42. The van der Waals surface area contributed by atoms with Gasteiger partial charge >= 0.3 is 0 Å². The first kappa shape index (κ1) is 12.4. The standard InChI is InChI=1S/C11H17ClN4O/c1-15(2)8-6-16(7-8)11(17)4-3-10-13-5-9(12)14-10/h5,8H,3-4,6-7H2,1-2H3,(H,13,14). The molecule has 0 aliphatic carbocycles. The van der Waals surface area contributed by atoms with Crippen molar-refractivity contribution >= 4 is 17.5 Å². The quantitative estimate of drug-likeness (QED) is 0.866. The molecule has 1 amide bonds. The number of H-pyrrole nitrogens is 1. The average molecular weight is 257 g/mol. The Balaban J connectivity index is 1.72. The van der Waals surface area contributed by atoms with Gasteiger partial charge in [0.1, 0.15) is 11.0 Å². The first-order valence-corrected chi connectivity index (χ1v) is 6.07. The highest BCUT2D eigenvalue weighted by Gasteiger charge is 2.31. The molecule has 0 unspecified atom stereocenters. The lowest BCUT2D eigenvalue weighted by Crippen LogP contribution is -2.59. The number of hydrogen-bond donors (Lipinski definition) is 1. The van der Waals surface area contributed by atoms with Gasteiger partial charge in [-0.3, -0.25) is 4.79 Å². The van der Waals surface area contributed by atoms with Crippen LogP contribution in [0.4, 0.5) is 0 Å². The summed E-state index contributed by atoms with van der Waals surface area (Å²) in [6.45, 7) is 1.68. The molecule has 17 heavy (non-hydrogen) atoms. The van der Waals surface area contributed by atoms with Crippen molar-refractivity contribution in [1.29, 1.82) is 0 Å². The zero-order chi connectivity index (χ0) is 12.4. The summed E-state index contributed by atoms with van der Waals surface area (Å²) in [6.07, 6.45) is 2.67. The number of likely N-dealkylation sites (tertiary alicyclic amines) is 1. The monoisotopic (exact) mass is 256 g/mol. The van der Waals surface area contributed by atoms with Gasteiger partial charge in [0.05, 0.1) is 6.20 Å². The van der Waals surface area contributed by atoms with Gasteiger partial charge < -0.3 is 14.8 Å². The maximum Gasteiger partial charge on any atom is 0.223 e. The van der Waals surface area contributed by atoms with E-state index in [1.807, 2.05) is 19.0 Å². The molecule has 1 N–H and O–H groups in total. The number of aromatic amines is 1. The molecular weight excluding hydrogens is 240 g/mol. The SMILES string of the molecule is CN(C)C1CN(C(=O)CCc2ncc(Cl)[nH]2)C1. The number of nitrogens with zero attached hydrogens (tertiary/aromatic N) is 3. The molecule has 6 heteroatoms. The molecule has 0 bridgehead atoms. The number of likely N-dealkylation sites (N-methyl/N-ethyl adjacent to an activating group) is 1. The maximum atomic E-state index is 11.8. The number of imidazole rings is 1. The highest BCUT2D eigenvalue weighted by molar-refractivity contribution is 6.29. The van der Waals surface area contributed by atoms with Gasteiger partial charge in [-0.2, -0.15) is 0 Å². The molecule has 0 radical (unpaired) electrons. The van der Waals surface area contributed by atoms with E-state index in [1.165, 1.54) is 0 Å². The van der Waals surface area contributed by atoms with Crippen molar-refractivity contribution in [2.75, 3.05) is 27.2 Å². The van der Waals surface area contributed by atoms with Gasteiger partial charge in [-0.25, -0.2) is 4.98 Å².